The van der Waals surface area contributed by atoms with Gasteiger partial charge < -0.3 is 5.32 Å². The highest BCUT2D eigenvalue weighted by Gasteiger charge is 2.36. The molecule has 2 aromatic carbocycles. The number of nitrogens with zero attached hydrogens (tertiary/aromatic N) is 1. The highest BCUT2D eigenvalue weighted by Crippen LogP contribution is 2.30. The number of anilines is 1. The quantitative estimate of drug-likeness (QED) is 0.825. The van der Waals surface area contributed by atoms with E-state index in [1.54, 1.807) is 0 Å². The lowest BCUT2D eigenvalue weighted by atomic mass is 10.1. The van der Waals surface area contributed by atoms with Gasteiger partial charge in [-0.3, -0.25) is 19.3 Å². The molecule has 3 rings (SSSR count). The number of carbonyl (C=O) groups is 3. The number of alkyl halides is 3. The summed E-state index contributed by atoms with van der Waals surface area (Å²) in [6, 6.07) is 8.00. The van der Waals surface area contributed by atoms with Crippen LogP contribution in [0.4, 0.5) is 18.9 Å². The summed E-state index contributed by atoms with van der Waals surface area (Å²) in [5.74, 6) is -2.01. The first-order chi connectivity index (χ1) is 12.2. The number of rotatable bonds is 3. The lowest BCUT2D eigenvalue weighted by Gasteiger charge is -2.14. The van der Waals surface area contributed by atoms with Crippen molar-refractivity contribution in [2.45, 2.75) is 6.18 Å². The van der Waals surface area contributed by atoms with Crippen molar-refractivity contribution in [3.8, 4) is 0 Å². The zero-order chi connectivity index (χ0) is 19.1. The third kappa shape index (κ3) is 3.41. The van der Waals surface area contributed by atoms with Gasteiger partial charge in [-0.1, -0.05) is 11.6 Å². The van der Waals surface area contributed by atoms with Crippen LogP contribution in [0, 0.1) is 0 Å². The fraction of sp³-hybridized carbons (Fsp3) is 0.118. The number of nitrogens with one attached hydrogen (secondary N) is 1. The van der Waals surface area contributed by atoms with Crippen molar-refractivity contribution in [1.82, 2.24) is 4.90 Å². The van der Waals surface area contributed by atoms with Gasteiger partial charge >= 0.3 is 6.18 Å². The van der Waals surface area contributed by atoms with E-state index in [1.165, 1.54) is 18.2 Å². The van der Waals surface area contributed by atoms with Gasteiger partial charge in [0.2, 0.25) is 5.91 Å². The molecule has 0 spiro atoms. The average molecular weight is 383 g/mol. The van der Waals surface area contributed by atoms with Crippen molar-refractivity contribution in [3.63, 3.8) is 0 Å². The van der Waals surface area contributed by atoms with Crippen LogP contribution in [0.1, 0.15) is 26.3 Å². The van der Waals surface area contributed by atoms with Crippen molar-refractivity contribution >= 4 is 35.0 Å². The Labute approximate surface area is 150 Å². The lowest BCUT2D eigenvalue weighted by Crippen LogP contribution is -2.37. The smallest absolute Gasteiger partial charge is 0.325 e. The minimum absolute atomic E-state index is 0.102. The van der Waals surface area contributed by atoms with Crippen molar-refractivity contribution in [3.05, 3.63) is 64.2 Å². The molecule has 1 aliphatic heterocycles. The van der Waals surface area contributed by atoms with E-state index in [0.717, 1.165) is 29.2 Å². The molecule has 0 bridgehead atoms. The van der Waals surface area contributed by atoms with Crippen LogP contribution in [0.15, 0.2) is 42.5 Å². The van der Waals surface area contributed by atoms with Gasteiger partial charge in [0.1, 0.15) is 6.54 Å². The first-order valence-corrected chi connectivity index (χ1v) is 7.67. The standard InChI is InChI=1S/C17H10ClF3N2O3/c18-10-3-6-12-13(7-10)16(26)23(15(12)25)8-14(24)22-11-4-1-9(2-5-11)17(19,20)21/h1-7H,8H2,(H,22,24). The summed E-state index contributed by atoms with van der Waals surface area (Å²) in [7, 11) is 0. The van der Waals surface area contributed by atoms with E-state index in [9.17, 15) is 27.6 Å². The zero-order valence-electron chi connectivity index (χ0n) is 12.9. The maximum absolute atomic E-state index is 12.5. The van der Waals surface area contributed by atoms with Crippen LogP contribution in [-0.2, 0) is 11.0 Å². The Morgan fingerprint density at radius 3 is 2.23 bits per heavy atom. The highest BCUT2D eigenvalue weighted by molar-refractivity contribution is 6.32. The second-order valence-electron chi connectivity index (χ2n) is 5.51. The third-order valence-corrected chi connectivity index (χ3v) is 3.97. The number of amides is 3. The van der Waals surface area contributed by atoms with E-state index < -0.39 is 36.0 Å². The van der Waals surface area contributed by atoms with Crippen LogP contribution in [0.5, 0.6) is 0 Å². The predicted molar refractivity (Wildman–Crippen MR) is 86.9 cm³/mol. The highest BCUT2D eigenvalue weighted by atomic mass is 35.5. The van der Waals surface area contributed by atoms with E-state index in [2.05, 4.69) is 5.32 Å². The second kappa shape index (κ2) is 6.45. The van der Waals surface area contributed by atoms with Crippen LogP contribution in [0.2, 0.25) is 5.02 Å². The van der Waals surface area contributed by atoms with Gasteiger partial charge in [-0.15, -0.1) is 0 Å². The molecular formula is C17H10ClF3N2O3. The van der Waals surface area contributed by atoms with Crippen molar-refractivity contribution in [1.29, 1.82) is 0 Å². The number of hydrogen-bond acceptors (Lipinski definition) is 3. The van der Waals surface area contributed by atoms with Crippen LogP contribution < -0.4 is 5.32 Å². The van der Waals surface area contributed by atoms with E-state index >= 15 is 0 Å². The lowest BCUT2D eigenvalue weighted by molar-refractivity contribution is -0.137. The number of carbonyl (C=O) groups excluding carboxylic acids is 3. The van der Waals surface area contributed by atoms with E-state index in [1.807, 2.05) is 0 Å². The minimum Gasteiger partial charge on any atom is -0.325 e. The van der Waals surface area contributed by atoms with Gasteiger partial charge in [0, 0.05) is 10.7 Å². The van der Waals surface area contributed by atoms with Gasteiger partial charge in [-0.2, -0.15) is 13.2 Å². The number of imide groups is 1. The molecule has 0 saturated heterocycles. The molecule has 0 aromatic heterocycles. The predicted octanol–water partition coefficient (Wildman–Crippen LogP) is 3.59. The molecule has 1 N–H and O–H groups in total. The van der Waals surface area contributed by atoms with Crippen LogP contribution in [-0.4, -0.2) is 29.2 Å². The SMILES string of the molecule is O=C(CN1C(=O)c2ccc(Cl)cc2C1=O)Nc1ccc(C(F)(F)F)cc1. The Hall–Kier alpha value is -2.87. The molecular weight excluding hydrogens is 373 g/mol. The molecule has 0 fully saturated rings. The molecule has 5 nitrogen and oxygen atoms in total. The maximum atomic E-state index is 12.5. The number of halogens is 4. The van der Waals surface area contributed by atoms with Crippen LogP contribution >= 0.6 is 11.6 Å². The summed E-state index contributed by atoms with van der Waals surface area (Å²) in [5, 5.41) is 2.63. The molecule has 2 aromatic rings. The Kier molecular flexibility index (Phi) is 4.45. The number of benzene rings is 2. The van der Waals surface area contributed by atoms with Crippen LogP contribution in [0.3, 0.4) is 0 Å². The second-order valence-corrected chi connectivity index (χ2v) is 5.95. The first-order valence-electron chi connectivity index (χ1n) is 7.29. The summed E-state index contributed by atoms with van der Waals surface area (Å²) in [4.78, 5) is 37.3. The maximum Gasteiger partial charge on any atom is 0.416 e. The molecule has 0 aliphatic carbocycles. The Balaban J connectivity index is 1.69. The van der Waals surface area contributed by atoms with Gasteiger partial charge in [-0.05, 0) is 42.5 Å². The summed E-state index contributed by atoms with van der Waals surface area (Å²) < 4.78 is 37.6. The number of fused-ring (bicyclic) bond motifs is 1. The van der Waals surface area contributed by atoms with Crippen molar-refractivity contribution < 1.29 is 27.6 Å². The first kappa shape index (κ1) is 17.9. The average Bonchev–Trinajstić information content (AvgIpc) is 2.79. The summed E-state index contributed by atoms with van der Waals surface area (Å²) in [5.41, 5.74) is -0.498. The molecule has 1 aliphatic rings. The molecule has 0 saturated carbocycles. The van der Waals surface area contributed by atoms with Gasteiger partial charge in [0.05, 0.1) is 16.7 Å². The normalized spacial score (nSPS) is 13.8. The third-order valence-electron chi connectivity index (χ3n) is 3.73. The fourth-order valence-electron chi connectivity index (χ4n) is 2.49. The molecule has 0 radical (unpaired) electrons. The molecule has 134 valence electrons. The molecule has 0 atom stereocenters. The van der Waals surface area contributed by atoms with Crippen molar-refractivity contribution in [2.75, 3.05) is 11.9 Å². The zero-order valence-corrected chi connectivity index (χ0v) is 13.7. The molecule has 26 heavy (non-hydrogen) atoms. The van der Waals surface area contributed by atoms with Crippen LogP contribution in [0.25, 0.3) is 0 Å². The van der Waals surface area contributed by atoms with Gasteiger partial charge in [-0.25, -0.2) is 0 Å². The monoisotopic (exact) mass is 382 g/mol. The molecule has 9 heteroatoms. The minimum atomic E-state index is -4.48. The van der Waals surface area contributed by atoms with E-state index in [4.69, 9.17) is 11.6 Å². The Morgan fingerprint density at radius 1 is 1.00 bits per heavy atom. The summed E-state index contributed by atoms with van der Waals surface area (Å²) in [6.07, 6.45) is -4.48. The van der Waals surface area contributed by atoms with E-state index in [0.29, 0.717) is 0 Å². The Morgan fingerprint density at radius 2 is 1.62 bits per heavy atom. The molecule has 3 amide bonds. The summed E-state index contributed by atoms with van der Waals surface area (Å²) in [6.45, 7) is -0.564. The van der Waals surface area contributed by atoms with Crippen molar-refractivity contribution in [2.24, 2.45) is 0 Å². The van der Waals surface area contributed by atoms with E-state index in [-0.39, 0.29) is 21.8 Å². The number of hydrogen-bond donors (Lipinski definition) is 1. The van der Waals surface area contributed by atoms with Gasteiger partial charge in [0.15, 0.2) is 0 Å². The fourth-order valence-corrected chi connectivity index (χ4v) is 2.67. The molecule has 1 heterocycles. The van der Waals surface area contributed by atoms with Gasteiger partial charge in [0.25, 0.3) is 11.8 Å². The largest absolute Gasteiger partial charge is 0.416 e. The Bertz CT molecular complexity index is 910. The summed E-state index contributed by atoms with van der Waals surface area (Å²) >= 11 is 5.80. The molecule has 0 unspecified atom stereocenters. The topological polar surface area (TPSA) is 66.5 Å².